The quantitative estimate of drug-likeness (QED) is 0.827. The van der Waals surface area contributed by atoms with Gasteiger partial charge in [0, 0.05) is 18.7 Å². The van der Waals surface area contributed by atoms with E-state index in [0.29, 0.717) is 16.7 Å². The number of nitrogens with zero attached hydrogens (tertiary/aromatic N) is 2. The third-order valence-corrected chi connectivity index (χ3v) is 3.08. The maximum atomic E-state index is 5.86. The van der Waals surface area contributed by atoms with Crippen molar-refractivity contribution in [1.29, 1.82) is 0 Å². The van der Waals surface area contributed by atoms with Gasteiger partial charge in [-0.2, -0.15) is 0 Å². The lowest BCUT2D eigenvalue weighted by Crippen LogP contribution is -2.28. The predicted octanol–water partition coefficient (Wildman–Crippen LogP) is 2.34. The number of rotatable bonds is 1. The van der Waals surface area contributed by atoms with Gasteiger partial charge in [0.1, 0.15) is 5.52 Å². The molecule has 2 aromatic rings. The molecule has 0 aliphatic carbocycles. The minimum absolute atomic E-state index is 0.363. The Hall–Kier alpha value is -1.13. The number of fused-ring (bicyclic) bond motifs is 1. The standard InChI is InChI=1S/C11H12ClN3O/c12-8-4-9-11(14-6-8)16-10(15-9)7-2-1-3-13-5-7/h4,6-7,13H,1-3,5H2. The van der Waals surface area contributed by atoms with Gasteiger partial charge in [-0.1, -0.05) is 11.6 Å². The highest BCUT2D eigenvalue weighted by molar-refractivity contribution is 6.30. The zero-order chi connectivity index (χ0) is 11.0. The summed E-state index contributed by atoms with van der Waals surface area (Å²) in [6.45, 7) is 2.02. The molecule has 2 aromatic heterocycles. The molecule has 1 unspecified atom stereocenters. The summed E-state index contributed by atoms with van der Waals surface area (Å²) < 4.78 is 5.64. The van der Waals surface area contributed by atoms with Crippen LogP contribution in [0.1, 0.15) is 24.7 Å². The second-order valence-corrected chi connectivity index (χ2v) is 4.51. The zero-order valence-corrected chi connectivity index (χ0v) is 9.50. The van der Waals surface area contributed by atoms with Gasteiger partial charge in [-0.15, -0.1) is 0 Å². The van der Waals surface area contributed by atoms with Crippen molar-refractivity contribution in [3.63, 3.8) is 0 Å². The Bertz CT molecular complexity index is 505. The summed E-state index contributed by atoms with van der Waals surface area (Å²) in [6.07, 6.45) is 3.86. The first-order valence-corrected chi connectivity index (χ1v) is 5.83. The fraction of sp³-hybridized carbons (Fsp3) is 0.455. The lowest BCUT2D eigenvalue weighted by Gasteiger charge is -2.19. The second kappa shape index (κ2) is 4.03. The van der Waals surface area contributed by atoms with Crippen LogP contribution >= 0.6 is 11.6 Å². The summed E-state index contributed by atoms with van der Waals surface area (Å²) >= 11 is 5.86. The summed E-state index contributed by atoms with van der Waals surface area (Å²) in [4.78, 5) is 8.56. The van der Waals surface area contributed by atoms with Gasteiger partial charge >= 0.3 is 0 Å². The molecule has 16 heavy (non-hydrogen) atoms. The van der Waals surface area contributed by atoms with Gasteiger partial charge in [0.25, 0.3) is 0 Å². The van der Waals surface area contributed by atoms with E-state index in [0.717, 1.165) is 37.3 Å². The minimum Gasteiger partial charge on any atom is -0.422 e. The molecule has 3 rings (SSSR count). The Morgan fingerprint density at radius 3 is 3.25 bits per heavy atom. The van der Waals surface area contributed by atoms with Crippen LogP contribution in [-0.2, 0) is 0 Å². The topological polar surface area (TPSA) is 51.0 Å². The molecule has 0 spiro atoms. The molecule has 0 bridgehead atoms. The average molecular weight is 238 g/mol. The summed E-state index contributed by atoms with van der Waals surface area (Å²) in [6, 6.07) is 1.78. The number of aromatic nitrogens is 2. The van der Waals surface area contributed by atoms with E-state index in [9.17, 15) is 0 Å². The van der Waals surface area contributed by atoms with E-state index >= 15 is 0 Å². The number of pyridine rings is 1. The lowest BCUT2D eigenvalue weighted by atomic mass is 10.00. The second-order valence-electron chi connectivity index (χ2n) is 4.07. The first-order valence-electron chi connectivity index (χ1n) is 5.45. The van der Waals surface area contributed by atoms with Gasteiger partial charge in [-0.3, -0.25) is 0 Å². The van der Waals surface area contributed by atoms with E-state index in [-0.39, 0.29) is 0 Å². The van der Waals surface area contributed by atoms with Gasteiger partial charge in [0.2, 0.25) is 11.6 Å². The summed E-state index contributed by atoms with van der Waals surface area (Å²) in [5.41, 5.74) is 1.32. The van der Waals surface area contributed by atoms with Crippen molar-refractivity contribution in [3.05, 3.63) is 23.2 Å². The van der Waals surface area contributed by atoms with Crippen LogP contribution in [-0.4, -0.2) is 23.1 Å². The van der Waals surface area contributed by atoms with Gasteiger partial charge in [-0.05, 0) is 25.5 Å². The molecule has 1 saturated heterocycles. The van der Waals surface area contributed by atoms with Crippen LogP contribution in [0.15, 0.2) is 16.7 Å². The van der Waals surface area contributed by atoms with E-state index in [1.807, 2.05) is 0 Å². The van der Waals surface area contributed by atoms with E-state index in [4.69, 9.17) is 16.0 Å². The summed E-state index contributed by atoms with van der Waals surface area (Å²) in [5, 5.41) is 3.93. The summed E-state index contributed by atoms with van der Waals surface area (Å²) in [7, 11) is 0. The third kappa shape index (κ3) is 1.79. The Kier molecular flexibility index (Phi) is 2.53. The molecule has 1 atom stereocenters. The lowest BCUT2D eigenvalue weighted by molar-refractivity contribution is 0.385. The van der Waals surface area contributed by atoms with E-state index < -0.39 is 0 Å². The Morgan fingerprint density at radius 2 is 2.44 bits per heavy atom. The van der Waals surface area contributed by atoms with Crippen LogP contribution in [0, 0.1) is 0 Å². The Morgan fingerprint density at radius 1 is 1.50 bits per heavy atom. The molecule has 0 saturated carbocycles. The number of hydrogen-bond donors (Lipinski definition) is 1. The summed E-state index contributed by atoms with van der Waals surface area (Å²) in [5.74, 6) is 1.14. The molecule has 84 valence electrons. The van der Waals surface area contributed by atoms with Crippen molar-refractivity contribution >= 4 is 22.8 Å². The van der Waals surface area contributed by atoms with E-state index in [1.165, 1.54) is 0 Å². The normalized spacial score (nSPS) is 21.4. The predicted molar refractivity (Wildman–Crippen MR) is 61.7 cm³/mol. The maximum absolute atomic E-state index is 5.86. The van der Waals surface area contributed by atoms with E-state index in [1.54, 1.807) is 12.3 Å². The molecule has 1 aliphatic heterocycles. The number of piperidine rings is 1. The number of nitrogens with one attached hydrogen (secondary N) is 1. The van der Waals surface area contributed by atoms with Crippen LogP contribution in [0.2, 0.25) is 5.02 Å². The number of oxazole rings is 1. The number of hydrogen-bond acceptors (Lipinski definition) is 4. The Labute approximate surface area is 98.0 Å². The van der Waals surface area contributed by atoms with Crippen LogP contribution in [0.25, 0.3) is 11.2 Å². The highest BCUT2D eigenvalue weighted by Crippen LogP contribution is 2.26. The van der Waals surface area contributed by atoms with Crippen LogP contribution in [0.3, 0.4) is 0 Å². The van der Waals surface area contributed by atoms with Crippen molar-refractivity contribution in [1.82, 2.24) is 15.3 Å². The monoisotopic (exact) mass is 237 g/mol. The smallest absolute Gasteiger partial charge is 0.247 e. The van der Waals surface area contributed by atoms with Crippen molar-refractivity contribution < 1.29 is 4.42 Å². The van der Waals surface area contributed by atoms with Gasteiger partial charge in [-0.25, -0.2) is 9.97 Å². The van der Waals surface area contributed by atoms with Crippen LogP contribution < -0.4 is 5.32 Å². The van der Waals surface area contributed by atoms with Crippen LogP contribution in [0.5, 0.6) is 0 Å². The molecule has 1 aliphatic rings. The SMILES string of the molecule is Clc1cnc2oc(C3CCCNC3)nc2c1. The molecule has 0 amide bonds. The highest BCUT2D eigenvalue weighted by Gasteiger charge is 2.20. The molecular weight excluding hydrogens is 226 g/mol. The molecule has 1 fully saturated rings. The molecule has 1 N–H and O–H groups in total. The Balaban J connectivity index is 1.97. The van der Waals surface area contributed by atoms with Crippen LogP contribution in [0.4, 0.5) is 0 Å². The van der Waals surface area contributed by atoms with Gasteiger partial charge in [0.05, 0.1) is 5.02 Å². The average Bonchev–Trinajstić information content (AvgIpc) is 2.73. The third-order valence-electron chi connectivity index (χ3n) is 2.88. The van der Waals surface area contributed by atoms with Crippen molar-refractivity contribution in [2.75, 3.05) is 13.1 Å². The molecule has 4 nitrogen and oxygen atoms in total. The first-order chi connectivity index (χ1) is 7.83. The molecule has 5 heteroatoms. The van der Waals surface area contributed by atoms with Crippen molar-refractivity contribution in [2.45, 2.75) is 18.8 Å². The van der Waals surface area contributed by atoms with E-state index in [2.05, 4.69) is 15.3 Å². The van der Waals surface area contributed by atoms with Gasteiger partial charge in [0.15, 0.2) is 0 Å². The minimum atomic E-state index is 0.363. The van der Waals surface area contributed by atoms with Gasteiger partial charge < -0.3 is 9.73 Å². The molecule has 3 heterocycles. The zero-order valence-electron chi connectivity index (χ0n) is 8.74. The van der Waals surface area contributed by atoms with Crippen molar-refractivity contribution in [2.24, 2.45) is 0 Å². The van der Waals surface area contributed by atoms with Crippen molar-refractivity contribution in [3.8, 4) is 0 Å². The largest absolute Gasteiger partial charge is 0.422 e. The fourth-order valence-corrected chi connectivity index (χ4v) is 2.20. The maximum Gasteiger partial charge on any atom is 0.247 e. The molecular formula is C11H12ClN3O. The number of halogens is 1. The highest BCUT2D eigenvalue weighted by atomic mass is 35.5. The fourth-order valence-electron chi connectivity index (χ4n) is 2.05. The first kappa shape index (κ1) is 10.1. The molecule has 0 aromatic carbocycles. The molecule has 0 radical (unpaired) electrons.